The Balaban J connectivity index is 1.96. The zero-order valence-electron chi connectivity index (χ0n) is 11.3. The number of aromatic nitrogens is 2. The SMILES string of the molecule is CC(C)c1noc(N2CCC(C(C)C)CC2)n1. The lowest BCUT2D eigenvalue weighted by Gasteiger charge is -2.32. The summed E-state index contributed by atoms with van der Waals surface area (Å²) in [4.78, 5) is 6.67. The molecule has 1 aromatic rings. The molecule has 0 amide bonds. The molecule has 2 rings (SSSR count). The molecule has 1 aliphatic heterocycles. The van der Waals surface area contributed by atoms with Crippen LogP contribution >= 0.6 is 0 Å². The van der Waals surface area contributed by atoms with Gasteiger partial charge in [0.1, 0.15) is 0 Å². The van der Waals surface area contributed by atoms with E-state index in [-0.39, 0.29) is 0 Å². The molecule has 0 aromatic carbocycles. The standard InChI is InChI=1S/C13H23N3O/c1-9(2)11-5-7-16(8-6-11)13-14-12(10(3)4)15-17-13/h9-11H,5-8H2,1-4H3. The van der Waals surface area contributed by atoms with E-state index in [1.54, 1.807) is 0 Å². The van der Waals surface area contributed by atoms with Crippen molar-refractivity contribution >= 4 is 6.01 Å². The van der Waals surface area contributed by atoms with Gasteiger partial charge in [-0.25, -0.2) is 0 Å². The van der Waals surface area contributed by atoms with Gasteiger partial charge < -0.3 is 9.42 Å². The molecule has 1 saturated heterocycles. The summed E-state index contributed by atoms with van der Waals surface area (Å²) < 4.78 is 5.33. The van der Waals surface area contributed by atoms with E-state index >= 15 is 0 Å². The van der Waals surface area contributed by atoms with Crippen LogP contribution in [0.5, 0.6) is 0 Å². The van der Waals surface area contributed by atoms with Crippen LogP contribution in [0.25, 0.3) is 0 Å². The minimum atomic E-state index is 0.334. The second-order valence-corrected chi connectivity index (χ2v) is 5.66. The lowest BCUT2D eigenvalue weighted by atomic mass is 9.87. The normalized spacial score (nSPS) is 18.4. The molecule has 4 heteroatoms. The highest BCUT2D eigenvalue weighted by atomic mass is 16.5. The Morgan fingerprint density at radius 2 is 1.82 bits per heavy atom. The zero-order chi connectivity index (χ0) is 12.4. The van der Waals surface area contributed by atoms with Crippen molar-refractivity contribution in [3.8, 4) is 0 Å². The van der Waals surface area contributed by atoms with Gasteiger partial charge in [-0.2, -0.15) is 4.98 Å². The third-order valence-corrected chi connectivity index (χ3v) is 3.70. The predicted octanol–water partition coefficient (Wildman–Crippen LogP) is 3.07. The van der Waals surface area contributed by atoms with Crippen LogP contribution in [0.2, 0.25) is 0 Å². The van der Waals surface area contributed by atoms with Crippen molar-refractivity contribution < 1.29 is 4.52 Å². The van der Waals surface area contributed by atoms with Gasteiger partial charge in [-0.3, -0.25) is 0 Å². The van der Waals surface area contributed by atoms with Gasteiger partial charge in [0.15, 0.2) is 5.82 Å². The topological polar surface area (TPSA) is 42.2 Å². The highest BCUT2D eigenvalue weighted by molar-refractivity contribution is 5.26. The average molecular weight is 237 g/mol. The summed E-state index contributed by atoms with van der Waals surface area (Å²) >= 11 is 0. The van der Waals surface area contributed by atoms with Crippen molar-refractivity contribution in [3.05, 3.63) is 5.82 Å². The molecule has 0 aliphatic carbocycles. The van der Waals surface area contributed by atoms with Crippen molar-refractivity contribution in [2.75, 3.05) is 18.0 Å². The van der Waals surface area contributed by atoms with Gasteiger partial charge in [-0.15, -0.1) is 0 Å². The smallest absolute Gasteiger partial charge is 0.324 e. The molecule has 0 saturated carbocycles. The molecule has 1 fully saturated rings. The predicted molar refractivity (Wildman–Crippen MR) is 68.2 cm³/mol. The van der Waals surface area contributed by atoms with E-state index in [4.69, 9.17) is 4.52 Å². The maximum Gasteiger partial charge on any atom is 0.324 e. The van der Waals surface area contributed by atoms with E-state index in [9.17, 15) is 0 Å². The van der Waals surface area contributed by atoms with E-state index in [2.05, 4.69) is 42.7 Å². The van der Waals surface area contributed by atoms with Crippen molar-refractivity contribution in [3.63, 3.8) is 0 Å². The van der Waals surface area contributed by atoms with Gasteiger partial charge in [-0.1, -0.05) is 32.9 Å². The fourth-order valence-corrected chi connectivity index (χ4v) is 2.35. The number of nitrogens with zero attached hydrogens (tertiary/aromatic N) is 3. The van der Waals surface area contributed by atoms with Crippen LogP contribution in [0, 0.1) is 11.8 Å². The molecule has 1 aromatic heterocycles. The summed E-state index contributed by atoms with van der Waals surface area (Å²) in [5, 5.41) is 4.02. The monoisotopic (exact) mass is 237 g/mol. The van der Waals surface area contributed by atoms with Crippen LogP contribution in [0.1, 0.15) is 52.3 Å². The zero-order valence-corrected chi connectivity index (χ0v) is 11.3. The Morgan fingerprint density at radius 3 is 2.29 bits per heavy atom. The van der Waals surface area contributed by atoms with E-state index < -0.39 is 0 Å². The molecular weight excluding hydrogens is 214 g/mol. The van der Waals surface area contributed by atoms with Crippen LogP contribution in [0.15, 0.2) is 4.52 Å². The Hall–Kier alpha value is -1.06. The number of piperidine rings is 1. The van der Waals surface area contributed by atoms with Gasteiger partial charge in [0.25, 0.3) is 0 Å². The summed E-state index contributed by atoms with van der Waals surface area (Å²) in [6, 6.07) is 0.705. The highest BCUT2D eigenvalue weighted by Crippen LogP contribution is 2.27. The number of rotatable bonds is 3. The van der Waals surface area contributed by atoms with Gasteiger partial charge >= 0.3 is 6.01 Å². The fraction of sp³-hybridized carbons (Fsp3) is 0.846. The van der Waals surface area contributed by atoms with Crippen molar-refractivity contribution in [1.82, 2.24) is 10.1 Å². The molecule has 0 spiro atoms. The third kappa shape index (κ3) is 2.79. The lowest BCUT2D eigenvalue weighted by Crippen LogP contribution is -2.35. The first kappa shape index (κ1) is 12.4. The molecule has 0 bridgehead atoms. The Labute approximate surface area is 103 Å². The van der Waals surface area contributed by atoms with E-state index in [0.29, 0.717) is 11.9 Å². The Kier molecular flexibility index (Phi) is 3.69. The number of hydrogen-bond acceptors (Lipinski definition) is 4. The molecule has 4 nitrogen and oxygen atoms in total. The molecule has 1 aliphatic rings. The molecular formula is C13H23N3O. The van der Waals surface area contributed by atoms with E-state index in [0.717, 1.165) is 30.7 Å². The summed E-state index contributed by atoms with van der Waals surface area (Å²) in [5.74, 6) is 2.77. The molecule has 0 radical (unpaired) electrons. The maximum atomic E-state index is 5.33. The van der Waals surface area contributed by atoms with Crippen molar-refractivity contribution in [1.29, 1.82) is 0 Å². The summed E-state index contributed by atoms with van der Waals surface area (Å²) in [6.45, 7) is 10.9. The summed E-state index contributed by atoms with van der Waals surface area (Å²) in [5.41, 5.74) is 0. The van der Waals surface area contributed by atoms with Gasteiger partial charge in [0.2, 0.25) is 0 Å². The van der Waals surface area contributed by atoms with Gasteiger partial charge in [-0.05, 0) is 24.7 Å². The quantitative estimate of drug-likeness (QED) is 0.810. The third-order valence-electron chi connectivity index (χ3n) is 3.70. The largest absolute Gasteiger partial charge is 0.324 e. The molecule has 0 unspecified atom stereocenters. The Bertz CT molecular complexity index is 351. The van der Waals surface area contributed by atoms with Crippen LogP contribution in [0.4, 0.5) is 6.01 Å². The molecule has 2 heterocycles. The highest BCUT2D eigenvalue weighted by Gasteiger charge is 2.24. The molecule has 0 atom stereocenters. The van der Waals surface area contributed by atoms with Crippen LogP contribution in [0.3, 0.4) is 0 Å². The first-order valence-electron chi connectivity index (χ1n) is 6.66. The van der Waals surface area contributed by atoms with Crippen LogP contribution in [-0.4, -0.2) is 23.2 Å². The first-order valence-corrected chi connectivity index (χ1v) is 6.66. The van der Waals surface area contributed by atoms with E-state index in [1.165, 1.54) is 12.8 Å². The van der Waals surface area contributed by atoms with Crippen molar-refractivity contribution in [2.45, 2.75) is 46.5 Å². The van der Waals surface area contributed by atoms with E-state index in [1.807, 2.05) is 0 Å². The number of anilines is 1. The minimum Gasteiger partial charge on any atom is -0.324 e. The van der Waals surface area contributed by atoms with Crippen molar-refractivity contribution in [2.24, 2.45) is 11.8 Å². The second kappa shape index (κ2) is 5.07. The molecule has 17 heavy (non-hydrogen) atoms. The van der Waals surface area contributed by atoms with Gasteiger partial charge in [0.05, 0.1) is 0 Å². The number of hydrogen-bond donors (Lipinski definition) is 0. The molecule has 96 valence electrons. The average Bonchev–Trinajstić information content (AvgIpc) is 2.78. The summed E-state index contributed by atoms with van der Waals surface area (Å²) in [6.07, 6.45) is 2.47. The summed E-state index contributed by atoms with van der Waals surface area (Å²) in [7, 11) is 0. The van der Waals surface area contributed by atoms with Crippen LogP contribution < -0.4 is 4.90 Å². The fourth-order valence-electron chi connectivity index (χ4n) is 2.35. The Morgan fingerprint density at radius 1 is 1.18 bits per heavy atom. The van der Waals surface area contributed by atoms with Gasteiger partial charge in [0, 0.05) is 19.0 Å². The minimum absolute atomic E-state index is 0.334. The maximum absolute atomic E-state index is 5.33. The van der Waals surface area contributed by atoms with Crippen LogP contribution in [-0.2, 0) is 0 Å². The lowest BCUT2D eigenvalue weighted by molar-refractivity contribution is 0.298. The first-order chi connectivity index (χ1) is 8.08. The molecule has 0 N–H and O–H groups in total. The second-order valence-electron chi connectivity index (χ2n) is 5.66.